The highest BCUT2D eigenvalue weighted by Gasteiger charge is 2.39. The molecule has 1 aromatic carbocycles. The Hall–Kier alpha value is -1.17. The lowest BCUT2D eigenvalue weighted by Gasteiger charge is -2.16. The van der Waals surface area contributed by atoms with Gasteiger partial charge in [-0.1, -0.05) is 12.1 Å². The van der Waals surface area contributed by atoms with Crippen molar-refractivity contribution < 1.29 is 22.0 Å². The first-order chi connectivity index (χ1) is 6.34. The van der Waals surface area contributed by atoms with E-state index < -0.39 is 29.4 Å². The van der Waals surface area contributed by atoms with Crippen molar-refractivity contribution >= 4 is 0 Å². The van der Waals surface area contributed by atoms with Crippen molar-refractivity contribution in [3.63, 3.8) is 0 Å². The first-order valence-electron chi connectivity index (χ1n) is 3.60. The lowest BCUT2D eigenvalue weighted by molar-refractivity contribution is -0.149. The second-order valence-electron chi connectivity index (χ2n) is 2.66. The van der Waals surface area contributed by atoms with Gasteiger partial charge in [0.1, 0.15) is 6.04 Å². The van der Waals surface area contributed by atoms with E-state index in [1.165, 1.54) is 0 Å². The van der Waals surface area contributed by atoms with E-state index >= 15 is 0 Å². The number of alkyl halides is 3. The summed E-state index contributed by atoms with van der Waals surface area (Å²) in [4.78, 5) is 0. The van der Waals surface area contributed by atoms with Gasteiger partial charge < -0.3 is 5.73 Å². The van der Waals surface area contributed by atoms with Crippen LogP contribution in [0.25, 0.3) is 0 Å². The topological polar surface area (TPSA) is 26.0 Å². The molecule has 1 rings (SSSR count). The van der Waals surface area contributed by atoms with Crippen LogP contribution in [-0.4, -0.2) is 6.18 Å². The Balaban J connectivity index is 3.14. The Labute approximate surface area is 76.3 Å². The molecule has 0 aromatic heterocycles. The van der Waals surface area contributed by atoms with E-state index in [0.717, 1.165) is 18.2 Å². The maximum atomic E-state index is 12.8. The summed E-state index contributed by atoms with van der Waals surface area (Å²) in [6.07, 6.45) is -4.78. The summed E-state index contributed by atoms with van der Waals surface area (Å²) < 4.78 is 61.5. The molecular formula is C8H6F5N. The molecule has 0 bridgehead atoms. The van der Waals surface area contributed by atoms with Crippen LogP contribution in [0.5, 0.6) is 0 Å². The third-order valence-electron chi connectivity index (χ3n) is 1.67. The number of rotatable bonds is 1. The Kier molecular flexibility index (Phi) is 2.75. The number of hydrogen-bond donors (Lipinski definition) is 1. The van der Waals surface area contributed by atoms with Crippen LogP contribution >= 0.6 is 0 Å². The molecule has 0 fully saturated rings. The van der Waals surface area contributed by atoms with E-state index in [0.29, 0.717) is 0 Å². The van der Waals surface area contributed by atoms with Crippen LogP contribution in [0.15, 0.2) is 18.2 Å². The van der Waals surface area contributed by atoms with Crippen molar-refractivity contribution in [3.05, 3.63) is 35.4 Å². The van der Waals surface area contributed by atoms with Gasteiger partial charge in [-0.3, -0.25) is 0 Å². The van der Waals surface area contributed by atoms with Crippen LogP contribution in [0.1, 0.15) is 11.6 Å². The second kappa shape index (κ2) is 3.53. The molecule has 0 aliphatic carbocycles. The fraction of sp³-hybridized carbons (Fsp3) is 0.250. The number of halogens is 5. The van der Waals surface area contributed by atoms with Crippen LogP contribution in [0.4, 0.5) is 22.0 Å². The predicted molar refractivity (Wildman–Crippen MR) is 39.3 cm³/mol. The molecular weight excluding hydrogens is 205 g/mol. The summed E-state index contributed by atoms with van der Waals surface area (Å²) >= 11 is 0. The Bertz CT molecular complexity index is 333. The Morgan fingerprint density at radius 3 is 2.21 bits per heavy atom. The van der Waals surface area contributed by atoms with Crippen LogP contribution in [-0.2, 0) is 0 Å². The monoisotopic (exact) mass is 211 g/mol. The molecule has 1 atom stereocenters. The summed E-state index contributed by atoms with van der Waals surface area (Å²) in [5, 5.41) is 0. The summed E-state index contributed by atoms with van der Waals surface area (Å²) in [6.45, 7) is 0. The quantitative estimate of drug-likeness (QED) is 0.709. The molecule has 6 heteroatoms. The van der Waals surface area contributed by atoms with E-state index in [1.807, 2.05) is 0 Å². The number of benzene rings is 1. The molecule has 0 aliphatic heterocycles. The van der Waals surface area contributed by atoms with E-state index in [4.69, 9.17) is 5.73 Å². The molecule has 0 saturated heterocycles. The van der Waals surface area contributed by atoms with Gasteiger partial charge >= 0.3 is 6.18 Å². The highest BCUT2D eigenvalue weighted by Crippen LogP contribution is 2.32. The van der Waals surface area contributed by atoms with E-state index in [9.17, 15) is 22.0 Å². The third kappa shape index (κ3) is 2.01. The molecule has 14 heavy (non-hydrogen) atoms. The van der Waals surface area contributed by atoms with Gasteiger partial charge in [-0.25, -0.2) is 8.78 Å². The third-order valence-corrected chi connectivity index (χ3v) is 1.67. The van der Waals surface area contributed by atoms with Gasteiger partial charge in [-0.2, -0.15) is 13.2 Å². The molecule has 78 valence electrons. The van der Waals surface area contributed by atoms with Gasteiger partial charge in [0.25, 0.3) is 0 Å². The van der Waals surface area contributed by atoms with E-state index in [2.05, 4.69) is 0 Å². The maximum Gasteiger partial charge on any atom is 0.407 e. The average Bonchev–Trinajstić information content (AvgIpc) is 2.07. The molecule has 0 aliphatic rings. The zero-order valence-corrected chi connectivity index (χ0v) is 6.78. The summed E-state index contributed by atoms with van der Waals surface area (Å²) in [5.41, 5.74) is 3.82. The summed E-state index contributed by atoms with van der Waals surface area (Å²) in [7, 11) is 0. The molecule has 0 spiro atoms. The van der Waals surface area contributed by atoms with Crippen molar-refractivity contribution in [2.45, 2.75) is 12.2 Å². The fourth-order valence-electron chi connectivity index (χ4n) is 0.937. The smallest absolute Gasteiger partial charge is 0.316 e. The normalized spacial score (nSPS) is 14.1. The molecule has 0 heterocycles. The highest BCUT2D eigenvalue weighted by molar-refractivity contribution is 5.23. The lowest BCUT2D eigenvalue weighted by Crippen LogP contribution is -2.29. The van der Waals surface area contributed by atoms with Crippen molar-refractivity contribution in [2.24, 2.45) is 5.73 Å². The number of hydrogen-bond acceptors (Lipinski definition) is 1. The molecule has 1 nitrogen and oxygen atoms in total. The van der Waals surface area contributed by atoms with Crippen molar-refractivity contribution in [3.8, 4) is 0 Å². The summed E-state index contributed by atoms with van der Waals surface area (Å²) in [6, 6.07) is -0.00381. The van der Waals surface area contributed by atoms with E-state index in [-0.39, 0.29) is 0 Å². The van der Waals surface area contributed by atoms with Crippen LogP contribution in [0.3, 0.4) is 0 Å². The van der Waals surface area contributed by atoms with Crippen molar-refractivity contribution in [2.75, 3.05) is 0 Å². The van der Waals surface area contributed by atoms with Crippen molar-refractivity contribution in [1.29, 1.82) is 0 Å². The van der Waals surface area contributed by atoms with Crippen LogP contribution in [0.2, 0.25) is 0 Å². The molecule has 1 aromatic rings. The molecule has 0 unspecified atom stereocenters. The minimum Gasteiger partial charge on any atom is -0.316 e. The van der Waals surface area contributed by atoms with Gasteiger partial charge in [0.15, 0.2) is 11.6 Å². The van der Waals surface area contributed by atoms with Crippen molar-refractivity contribution in [1.82, 2.24) is 0 Å². The zero-order chi connectivity index (χ0) is 10.9. The minimum atomic E-state index is -4.78. The largest absolute Gasteiger partial charge is 0.407 e. The van der Waals surface area contributed by atoms with Crippen LogP contribution < -0.4 is 5.73 Å². The van der Waals surface area contributed by atoms with Gasteiger partial charge in [0.05, 0.1) is 0 Å². The average molecular weight is 211 g/mol. The maximum absolute atomic E-state index is 12.8. The fourth-order valence-corrected chi connectivity index (χ4v) is 0.937. The van der Waals surface area contributed by atoms with Gasteiger partial charge in [-0.15, -0.1) is 0 Å². The molecule has 2 N–H and O–H groups in total. The minimum absolute atomic E-state index is 0.724. The molecule has 0 amide bonds. The molecule has 0 saturated carbocycles. The van der Waals surface area contributed by atoms with Gasteiger partial charge in [-0.05, 0) is 6.07 Å². The highest BCUT2D eigenvalue weighted by atomic mass is 19.4. The zero-order valence-electron chi connectivity index (χ0n) is 6.78. The SMILES string of the molecule is N[C@H](c1cccc(F)c1F)C(F)(F)F. The first-order valence-corrected chi connectivity index (χ1v) is 3.60. The second-order valence-corrected chi connectivity index (χ2v) is 2.66. The van der Waals surface area contributed by atoms with Gasteiger partial charge in [0, 0.05) is 5.56 Å². The predicted octanol–water partition coefficient (Wildman–Crippen LogP) is 2.53. The summed E-state index contributed by atoms with van der Waals surface area (Å²) in [5.74, 6) is -2.90. The standard InChI is InChI=1S/C8H6F5N/c9-5-3-1-2-4(6(5)10)7(14)8(11,12)13/h1-3,7H,14H2/t7-/m1/s1. The number of nitrogens with two attached hydrogens (primary N) is 1. The Morgan fingerprint density at radius 1 is 1.14 bits per heavy atom. The van der Waals surface area contributed by atoms with E-state index in [1.54, 1.807) is 0 Å². The first kappa shape index (κ1) is 10.9. The molecule has 0 radical (unpaired) electrons. The van der Waals surface area contributed by atoms with Gasteiger partial charge in [0.2, 0.25) is 0 Å². The lowest BCUT2D eigenvalue weighted by atomic mass is 10.1. The Morgan fingerprint density at radius 2 is 1.71 bits per heavy atom. The van der Waals surface area contributed by atoms with Crippen LogP contribution in [0, 0.1) is 11.6 Å².